The number of benzene rings is 1. The van der Waals surface area contributed by atoms with E-state index in [2.05, 4.69) is 54.0 Å². The van der Waals surface area contributed by atoms with Crippen LogP contribution in [0.4, 0.5) is 0 Å². The first-order valence-electron chi connectivity index (χ1n) is 3.86. The SMILES string of the molecule is C1=CC(c2ccccc2)=C[SH]1.[Mg+2][Br]. The summed E-state index contributed by atoms with van der Waals surface area (Å²) in [4.78, 5) is 0. The van der Waals surface area contributed by atoms with Crippen molar-refractivity contribution in [3.8, 4) is 0 Å². The summed E-state index contributed by atoms with van der Waals surface area (Å²) >= 11 is 5.94. The summed E-state index contributed by atoms with van der Waals surface area (Å²) in [5.74, 6) is 0. The molecule has 0 saturated heterocycles. The van der Waals surface area contributed by atoms with Gasteiger partial charge in [-0.25, -0.2) is 0 Å². The largest absolute Gasteiger partial charge is 1.52 e. The summed E-state index contributed by atoms with van der Waals surface area (Å²) < 4.78 is 0. The topological polar surface area (TPSA) is 0 Å². The molecule has 8 radical (unpaired) electrons. The Hall–Kier alpha value is 0.296. The lowest BCUT2D eigenvalue weighted by atomic mass is 10.1. The zero-order chi connectivity index (χ0) is 9.52. The lowest BCUT2D eigenvalue weighted by Crippen LogP contribution is -1.74. The van der Waals surface area contributed by atoms with Gasteiger partial charge in [-0.3, -0.25) is 0 Å². The number of hydrogen-bond donors (Lipinski definition) is 1. The summed E-state index contributed by atoms with van der Waals surface area (Å²) in [6.45, 7) is 0. The van der Waals surface area contributed by atoms with E-state index in [0.717, 1.165) is 0 Å². The fraction of sp³-hybridized carbons (Fsp3) is 0. The van der Waals surface area contributed by atoms with Gasteiger partial charge >= 0.3 is 32.4 Å². The molecule has 13 heavy (non-hydrogen) atoms. The van der Waals surface area contributed by atoms with Gasteiger partial charge in [0.25, 0.3) is 0 Å². The number of thiol groups is 1. The van der Waals surface area contributed by atoms with Crippen molar-refractivity contribution in [2.75, 3.05) is 0 Å². The van der Waals surface area contributed by atoms with Crippen LogP contribution in [0, 0.1) is 0 Å². The molecule has 1 aliphatic rings. The fourth-order valence-electron chi connectivity index (χ4n) is 1.09. The molecule has 0 unspecified atom stereocenters. The summed E-state index contributed by atoms with van der Waals surface area (Å²) in [6, 6.07) is 10.5. The molecule has 0 aromatic heterocycles. The van der Waals surface area contributed by atoms with Gasteiger partial charge in [0.1, 0.15) is 0 Å². The summed E-state index contributed by atoms with van der Waals surface area (Å²) in [7, 11) is 0. The molecule has 0 spiro atoms. The second-order valence-electron chi connectivity index (χ2n) is 2.42. The first-order valence-corrected chi connectivity index (χ1v) is 8.79. The van der Waals surface area contributed by atoms with Crippen LogP contribution >= 0.6 is 24.6 Å². The first-order chi connectivity index (χ1) is 6.47. The fourth-order valence-corrected chi connectivity index (χ4v) is 1.82. The predicted octanol–water partition coefficient (Wildman–Crippen LogP) is 3.49. The summed E-state index contributed by atoms with van der Waals surface area (Å²) in [5, 5.41) is 4.37. The van der Waals surface area contributed by atoms with E-state index in [-0.39, 0.29) is 0 Å². The minimum absolute atomic E-state index is 1.30. The average molecular weight is 265 g/mol. The molecular weight excluding hydrogens is 256 g/mol. The Morgan fingerprint density at radius 2 is 1.77 bits per heavy atom. The third-order valence-corrected chi connectivity index (χ3v) is 2.41. The lowest BCUT2D eigenvalue weighted by Gasteiger charge is -1.96. The Bertz CT molecular complexity index is 306. The van der Waals surface area contributed by atoms with Crippen molar-refractivity contribution in [2.24, 2.45) is 0 Å². The second kappa shape index (κ2) is 6.71. The van der Waals surface area contributed by atoms with Gasteiger partial charge in [-0.15, -0.1) is 0 Å². The molecule has 0 aliphatic carbocycles. The summed E-state index contributed by atoms with van der Waals surface area (Å²) in [5.41, 5.74) is 2.65. The van der Waals surface area contributed by atoms with Crippen LogP contribution in [0.15, 0.2) is 47.2 Å². The number of allylic oxidation sites excluding steroid dienone is 2. The van der Waals surface area contributed by atoms with E-state index in [1.807, 2.05) is 6.07 Å². The second-order valence-corrected chi connectivity index (χ2v) is 3.27. The van der Waals surface area contributed by atoms with Gasteiger partial charge in [0.2, 0.25) is 0 Å². The monoisotopic (exact) mass is 264 g/mol. The molecule has 62 valence electrons. The molecule has 1 heterocycles. The number of hydrogen-bond acceptors (Lipinski definition) is 0. The van der Waals surface area contributed by atoms with Gasteiger partial charge in [0, 0.05) is 0 Å². The van der Waals surface area contributed by atoms with E-state index in [9.17, 15) is 0 Å². The van der Waals surface area contributed by atoms with Crippen LogP contribution in [0.25, 0.3) is 5.57 Å². The Kier molecular flexibility index (Phi) is 5.87. The van der Waals surface area contributed by atoms with Crippen LogP contribution in [0.5, 0.6) is 0 Å². The Morgan fingerprint density at radius 3 is 2.31 bits per heavy atom. The first kappa shape index (κ1) is 11.4. The molecule has 0 fully saturated rings. The van der Waals surface area contributed by atoms with Crippen molar-refractivity contribution >= 4 is 49.8 Å². The molecule has 0 nitrogen and oxygen atoms in total. The minimum Gasteiger partial charge on any atom is -0.176 e. The van der Waals surface area contributed by atoms with E-state index in [1.54, 1.807) is 19.5 Å². The number of rotatable bonds is 1. The van der Waals surface area contributed by atoms with Gasteiger partial charge in [0.05, 0.1) is 0 Å². The zero-order valence-corrected chi connectivity index (χ0v) is 11.0. The van der Waals surface area contributed by atoms with Crippen LogP contribution < -0.4 is 0 Å². The molecule has 0 bridgehead atoms. The number of halogens is 1. The zero-order valence-electron chi connectivity index (χ0n) is 7.15. The van der Waals surface area contributed by atoms with Gasteiger partial charge in [-0.2, -0.15) is 11.8 Å². The maximum absolute atomic E-state index is 2.97. The summed E-state index contributed by atoms with van der Waals surface area (Å²) in [6.07, 6.45) is 2.16. The van der Waals surface area contributed by atoms with Crippen LogP contribution in [-0.2, 0) is 0 Å². The molecule has 0 N–H and O–H groups in total. The molecule has 1 aromatic rings. The van der Waals surface area contributed by atoms with E-state index < -0.39 is 0 Å². The Labute approximate surface area is 102 Å². The molecule has 0 amide bonds. The van der Waals surface area contributed by atoms with Gasteiger partial charge in [-0.05, 0) is 28.0 Å². The normalized spacial score (nSPS) is 13.2. The third kappa shape index (κ3) is 3.50. The van der Waals surface area contributed by atoms with Crippen molar-refractivity contribution in [3.05, 3.63) is 52.8 Å². The van der Waals surface area contributed by atoms with Crippen molar-refractivity contribution in [1.29, 1.82) is 0 Å². The van der Waals surface area contributed by atoms with Gasteiger partial charge in [0.15, 0.2) is 0 Å². The predicted molar refractivity (Wildman–Crippen MR) is 67.2 cm³/mol. The third-order valence-electron chi connectivity index (χ3n) is 1.66. The molecule has 0 saturated carbocycles. The Balaban J connectivity index is 0.000000396. The van der Waals surface area contributed by atoms with Crippen molar-refractivity contribution in [3.63, 3.8) is 0 Å². The smallest absolute Gasteiger partial charge is 0.176 e. The van der Waals surface area contributed by atoms with E-state index >= 15 is 0 Å². The van der Waals surface area contributed by atoms with Crippen LogP contribution in [0.2, 0.25) is 0 Å². The van der Waals surface area contributed by atoms with Crippen LogP contribution in [0.1, 0.15) is 5.56 Å². The van der Waals surface area contributed by atoms with Gasteiger partial charge in [-0.1, -0.05) is 30.3 Å². The molecule has 3 heteroatoms. The van der Waals surface area contributed by atoms with Crippen LogP contribution in [0.3, 0.4) is 0 Å². The standard InChI is InChI=1S/C10H9S.BrH.Mg/c1-2-4-9(5-3-1)10-6-7-11-8-10;;/h1-8,11H;1H;/q;;+3/p-1. The highest BCUT2D eigenvalue weighted by molar-refractivity contribution is 9.22. The molecule has 0 atom stereocenters. The van der Waals surface area contributed by atoms with Gasteiger partial charge < -0.3 is 0 Å². The van der Waals surface area contributed by atoms with Crippen LogP contribution in [-0.4, -0.2) is 19.5 Å². The average Bonchev–Trinajstić information content (AvgIpc) is 2.75. The highest BCUT2D eigenvalue weighted by Crippen LogP contribution is 2.26. The van der Waals surface area contributed by atoms with E-state index in [1.165, 1.54) is 22.9 Å². The highest BCUT2D eigenvalue weighted by atomic mass is 79.9. The maximum atomic E-state index is 2.97. The molecule has 1 aromatic carbocycles. The van der Waals surface area contributed by atoms with Crippen molar-refractivity contribution < 1.29 is 0 Å². The Morgan fingerprint density at radius 1 is 1.08 bits per heavy atom. The maximum Gasteiger partial charge on any atom is 1.52 e. The quantitative estimate of drug-likeness (QED) is 0.583. The van der Waals surface area contributed by atoms with Crippen molar-refractivity contribution in [1.82, 2.24) is 0 Å². The minimum atomic E-state index is 1.30. The molecular formula is C10H9BrMgS+2. The molecule has 1 aliphatic heterocycles. The molecule has 2 rings (SSSR count). The highest BCUT2D eigenvalue weighted by Gasteiger charge is 2.13. The van der Waals surface area contributed by atoms with E-state index in [4.69, 9.17) is 0 Å². The van der Waals surface area contributed by atoms with Crippen molar-refractivity contribution in [2.45, 2.75) is 0 Å². The lowest BCUT2D eigenvalue weighted by molar-refractivity contribution is 1.63. The van der Waals surface area contributed by atoms with E-state index in [0.29, 0.717) is 0 Å².